The van der Waals surface area contributed by atoms with Gasteiger partial charge in [-0.2, -0.15) is 4.79 Å². The van der Waals surface area contributed by atoms with E-state index >= 15 is 0 Å². The summed E-state index contributed by atoms with van der Waals surface area (Å²) in [5.74, 6) is -0.455. The molecule has 0 radical (unpaired) electrons. The van der Waals surface area contributed by atoms with Gasteiger partial charge in [0.2, 0.25) is 0 Å². The van der Waals surface area contributed by atoms with Crippen LogP contribution in [0.4, 0.5) is 0 Å². The molecule has 5 heteroatoms. The summed E-state index contributed by atoms with van der Waals surface area (Å²) >= 11 is 5.16. The van der Waals surface area contributed by atoms with Gasteiger partial charge in [0.15, 0.2) is 0 Å². The number of halogens is 1. The molecule has 0 bridgehead atoms. The zero-order chi connectivity index (χ0) is 7.11. The molecular formula is C4H5ClN2O2. The Kier molecular flexibility index (Phi) is 4.78. The second-order valence-corrected chi connectivity index (χ2v) is 1.48. The lowest BCUT2D eigenvalue weighted by molar-refractivity contribution is -0.138. The molecule has 0 unspecified atom stereocenters. The molecule has 0 amide bonds. The first-order valence-electron chi connectivity index (χ1n) is 2.21. The first-order chi connectivity index (χ1) is 4.31. The molecule has 0 aliphatic rings. The fraction of sp³-hybridized carbons (Fsp3) is 0.500. The molecule has 9 heavy (non-hydrogen) atoms. The molecule has 50 valence electrons. The number of carbonyl (C=O) groups is 1. The summed E-state index contributed by atoms with van der Waals surface area (Å²) in [5, 5.41) is 0. The van der Waals surface area contributed by atoms with E-state index in [1.54, 1.807) is 0 Å². The lowest BCUT2D eigenvalue weighted by atomic mass is 10.7. The van der Waals surface area contributed by atoms with E-state index in [4.69, 9.17) is 17.1 Å². The van der Waals surface area contributed by atoms with Crippen molar-refractivity contribution < 1.29 is 14.3 Å². The molecule has 0 aromatic carbocycles. The van der Waals surface area contributed by atoms with Crippen molar-refractivity contribution in [1.82, 2.24) is 0 Å². The van der Waals surface area contributed by atoms with Crippen LogP contribution < -0.4 is 0 Å². The second kappa shape index (κ2) is 5.28. The second-order valence-electron chi connectivity index (χ2n) is 1.10. The van der Waals surface area contributed by atoms with Gasteiger partial charge in [0.1, 0.15) is 6.61 Å². The van der Waals surface area contributed by atoms with Gasteiger partial charge in [-0.15, -0.1) is 11.6 Å². The first-order valence-corrected chi connectivity index (χ1v) is 2.75. The standard InChI is InChI=1S/C4H5ClN2O2/c5-1-2-9-4(8)3-7-6/h3H,1-2H2. The highest BCUT2D eigenvalue weighted by atomic mass is 35.5. The van der Waals surface area contributed by atoms with Gasteiger partial charge in [-0.25, -0.2) is 4.79 Å². The maximum absolute atomic E-state index is 10.2. The van der Waals surface area contributed by atoms with Crippen LogP contribution in [0.5, 0.6) is 0 Å². The average molecular weight is 149 g/mol. The van der Waals surface area contributed by atoms with Crippen molar-refractivity contribution in [2.24, 2.45) is 0 Å². The largest absolute Gasteiger partial charge is 0.456 e. The van der Waals surface area contributed by atoms with E-state index in [-0.39, 0.29) is 12.5 Å². The van der Waals surface area contributed by atoms with E-state index in [0.717, 1.165) is 0 Å². The Morgan fingerprint density at radius 3 is 3.00 bits per heavy atom. The molecule has 0 spiro atoms. The van der Waals surface area contributed by atoms with Crippen LogP contribution >= 0.6 is 11.6 Å². The fourth-order valence-corrected chi connectivity index (χ4v) is 0.301. The number of esters is 1. The predicted octanol–water partition coefficient (Wildman–Crippen LogP) is 0.0690. The van der Waals surface area contributed by atoms with E-state index in [1.165, 1.54) is 0 Å². The number of rotatable bonds is 3. The number of hydrogen-bond acceptors (Lipinski definition) is 2. The van der Waals surface area contributed by atoms with Crippen molar-refractivity contribution in [3.05, 3.63) is 5.53 Å². The summed E-state index contributed by atoms with van der Waals surface area (Å²) in [4.78, 5) is 12.7. The minimum Gasteiger partial charge on any atom is -0.456 e. The Bertz CT molecular complexity index is 142. The van der Waals surface area contributed by atoms with Gasteiger partial charge in [0, 0.05) is 0 Å². The number of ether oxygens (including phenoxy) is 1. The van der Waals surface area contributed by atoms with E-state index in [0.29, 0.717) is 6.21 Å². The van der Waals surface area contributed by atoms with Crippen LogP contribution in [0, 0.1) is 0 Å². The van der Waals surface area contributed by atoms with Crippen LogP contribution in [0.1, 0.15) is 0 Å². The third kappa shape index (κ3) is 5.00. The monoisotopic (exact) mass is 148 g/mol. The molecule has 0 saturated carbocycles. The van der Waals surface area contributed by atoms with Crippen LogP contribution in [0.15, 0.2) is 0 Å². The maximum atomic E-state index is 10.2. The number of alkyl halides is 1. The van der Waals surface area contributed by atoms with Crippen molar-refractivity contribution in [3.8, 4) is 0 Å². The normalized spacial score (nSPS) is 7.67. The molecule has 0 atom stereocenters. The molecule has 0 aliphatic heterocycles. The smallest absolute Gasteiger partial charge is 0.413 e. The predicted molar refractivity (Wildman–Crippen MR) is 31.4 cm³/mol. The highest BCUT2D eigenvalue weighted by molar-refractivity contribution is 6.21. The minimum atomic E-state index is -0.696. The zero-order valence-electron chi connectivity index (χ0n) is 4.58. The van der Waals surface area contributed by atoms with Gasteiger partial charge < -0.3 is 10.3 Å². The maximum Gasteiger partial charge on any atom is 0.413 e. The molecule has 0 aromatic rings. The van der Waals surface area contributed by atoms with Gasteiger partial charge >= 0.3 is 12.2 Å². The third-order valence-electron chi connectivity index (χ3n) is 0.485. The summed E-state index contributed by atoms with van der Waals surface area (Å²) in [6.45, 7) is 0.131. The van der Waals surface area contributed by atoms with Crippen molar-refractivity contribution in [2.45, 2.75) is 0 Å². The van der Waals surface area contributed by atoms with Gasteiger partial charge in [-0.05, 0) is 0 Å². The molecule has 0 heterocycles. The summed E-state index contributed by atoms with van der Waals surface area (Å²) in [5.41, 5.74) is 7.77. The minimum absolute atomic E-state index is 0.131. The van der Waals surface area contributed by atoms with Crippen molar-refractivity contribution in [2.75, 3.05) is 12.5 Å². The van der Waals surface area contributed by atoms with Gasteiger partial charge in [-0.3, -0.25) is 0 Å². The Labute approximate surface area is 57.0 Å². The number of hydrogen-bond donors (Lipinski definition) is 0. The van der Waals surface area contributed by atoms with Crippen LogP contribution in [-0.4, -0.2) is 29.5 Å². The summed E-state index contributed by atoms with van der Waals surface area (Å²) in [7, 11) is 0. The molecule has 0 rings (SSSR count). The topological polar surface area (TPSA) is 62.7 Å². The Morgan fingerprint density at radius 1 is 1.89 bits per heavy atom. The lowest BCUT2D eigenvalue weighted by Gasteiger charge is -1.90. The van der Waals surface area contributed by atoms with Gasteiger partial charge in [0.05, 0.1) is 5.88 Å². The van der Waals surface area contributed by atoms with E-state index in [9.17, 15) is 4.79 Å². The molecule has 0 N–H and O–H groups in total. The molecule has 4 nitrogen and oxygen atoms in total. The SMILES string of the molecule is [N-]=[N+]=CC(=O)OCCCl. The van der Waals surface area contributed by atoms with Crippen LogP contribution in [-0.2, 0) is 9.53 Å². The first kappa shape index (κ1) is 8.14. The average Bonchev–Trinajstić information content (AvgIpc) is 1.85. The molecule has 0 fully saturated rings. The summed E-state index contributed by atoms with van der Waals surface area (Å²) < 4.78 is 4.35. The summed E-state index contributed by atoms with van der Waals surface area (Å²) in [6.07, 6.45) is 0.659. The van der Waals surface area contributed by atoms with Crippen LogP contribution in [0.2, 0.25) is 0 Å². The Balaban J connectivity index is 3.39. The van der Waals surface area contributed by atoms with Crippen molar-refractivity contribution in [1.29, 1.82) is 0 Å². The molecule has 0 aliphatic carbocycles. The molecular weight excluding hydrogens is 144 g/mol. The third-order valence-corrected chi connectivity index (χ3v) is 0.639. The van der Waals surface area contributed by atoms with Gasteiger partial charge in [0.25, 0.3) is 0 Å². The zero-order valence-corrected chi connectivity index (χ0v) is 5.34. The fourth-order valence-electron chi connectivity index (χ4n) is 0.224. The Morgan fingerprint density at radius 2 is 2.56 bits per heavy atom. The van der Waals surface area contributed by atoms with Crippen molar-refractivity contribution >= 4 is 23.8 Å². The van der Waals surface area contributed by atoms with Crippen molar-refractivity contribution in [3.63, 3.8) is 0 Å². The van der Waals surface area contributed by atoms with Crippen LogP contribution in [0.3, 0.4) is 0 Å². The highest BCUT2D eigenvalue weighted by Crippen LogP contribution is 1.77. The van der Waals surface area contributed by atoms with Gasteiger partial charge in [-0.1, -0.05) is 0 Å². The number of nitrogens with zero attached hydrogens (tertiary/aromatic N) is 2. The van der Waals surface area contributed by atoms with Crippen LogP contribution in [0.25, 0.3) is 5.53 Å². The molecule has 0 saturated heterocycles. The lowest BCUT2D eigenvalue weighted by Crippen LogP contribution is -2.07. The van der Waals surface area contributed by atoms with E-state index in [2.05, 4.69) is 9.53 Å². The number of carbonyl (C=O) groups excluding carboxylic acids is 1. The summed E-state index contributed by atoms with van der Waals surface area (Å²) in [6, 6.07) is 0. The Hall–Kier alpha value is -0.860. The highest BCUT2D eigenvalue weighted by Gasteiger charge is 1.99. The molecule has 0 aromatic heterocycles. The van der Waals surface area contributed by atoms with E-state index < -0.39 is 5.97 Å². The van der Waals surface area contributed by atoms with E-state index in [1.807, 2.05) is 0 Å². The quantitative estimate of drug-likeness (QED) is 0.187.